The number of aromatic nitrogens is 2. The molecule has 4 unspecified atom stereocenters. The third-order valence-electron chi connectivity index (χ3n) is 7.67. The van der Waals surface area contributed by atoms with E-state index in [-0.39, 0.29) is 11.4 Å². The SMILES string of the molecule is N=S(=O)(NC1CN(c2ncccn2)CC(N2c3ccccc3CCc3ccccc32)C1O)c1ccc(OC(F)(F)F)cc1. The highest BCUT2D eigenvalue weighted by atomic mass is 32.2. The van der Waals surface area contributed by atoms with Gasteiger partial charge in [-0.3, -0.25) is 0 Å². The van der Waals surface area contributed by atoms with Crippen molar-refractivity contribution in [3.63, 3.8) is 0 Å². The molecule has 0 aliphatic carbocycles. The lowest BCUT2D eigenvalue weighted by molar-refractivity contribution is -0.274. The fourth-order valence-electron chi connectivity index (χ4n) is 5.77. The lowest BCUT2D eigenvalue weighted by Crippen LogP contribution is -2.65. The van der Waals surface area contributed by atoms with Crippen LogP contribution in [0.3, 0.4) is 0 Å². The monoisotopic (exact) mass is 610 g/mol. The van der Waals surface area contributed by atoms with E-state index >= 15 is 0 Å². The zero-order valence-corrected chi connectivity index (χ0v) is 23.6. The molecule has 2 aliphatic rings. The number of nitrogens with one attached hydrogen (secondary N) is 2. The number of para-hydroxylation sites is 2. The van der Waals surface area contributed by atoms with Crippen LogP contribution in [0.4, 0.5) is 30.5 Å². The van der Waals surface area contributed by atoms with E-state index in [1.807, 2.05) is 41.3 Å². The summed E-state index contributed by atoms with van der Waals surface area (Å²) in [6, 6.07) is 20.6. The second-order valence-corrected chi connectivity index (χ2v) is 12.3. The van der Waals surface area contributed by atoms with Gasteiger partial charge in [0.05, 0.1) is 23.1 Å². The van der Waals surface area contributed by atoms with Gasteiger partial charge in [-0.1, -0.05) is 36.4 Å². The van der Waals surface area contributed by atoms with Crippen LogP contribution in [-0.2, 0) is 22.8 Å². The Hall–Kier alpha value is -4.20. The molecule has 6 rings (SSSR count). The average molecular weight is 611 g/mol. The van der Waals surface area contributed by atoms with E-state index in [0.717, 1.165) is 59.6 Å². The summed E-state index contributed by atoms with van der Waals surface area (Å²) in [5, 5.41) is 11.9. The molecule has 9 nitrogen and oxygen atoms in total. The van der Waals surface area contributed by atoms with Gasteiger partial charge in [0.25, 0.3) is 0 Å². The fraction of sp³-hybridized carbons (Fsp3) is 0.267. The maximum atomic E-state index is 13.7. The van der Waals surface area contributed by atoms with Crippen molar-refractivity contribution < 1.29 is 27.2 Å². The molecular weight excluding hydrogens is 581 g/mol. The number of benzene rings is 3. The molecule has 3 heterocycles. The van der Waals surface area contributed by atoms with Crippen molar-refractivity contribution in [3.8, 4) is 5.75 Å². The number of halogens is 3. The minimum absolute atomic E-state index is 0.0516. The Morgan fingerprint density at radius 2 is 1.47 bits per heavy atom. The minimum Gasteiger partial charge on any atom is -0.406 e. The highest BCUT2D eigenvalue weighted by Gasteiger charge is 2.43. The Morgan fingerprint density at radius 3 is 2.05 bits per heavy atom. The summed E-state index contributed by atoms with van der Waals surface area (Å²) >= 11 is 0. The summed E-state index contributed by atoms with van der Waals surface area (Å²) in [5.74, 6) is -0.0807. The number of aliphatic hydroxyl groups is 1. The predicted octanol–water partition coefficient (Wildman–Crippen LogP) is 4.84. The smallest absolute Gasteiger partial charge is 0.406 e. The van der Waals surface area contributed by atoms with Crippen LogP contribution in [0.5, 0.6) is 5.75 Å². The van der Waals surface area contributed by atoms with E-state index in [0.29, 0.717) is 12.5 Å². The van der Waals surface area contributed by atoms with Crippen molar-refractivity contribution in [3.05, 3.63) is 102 Å². The summed E-state index contributed by atoms with van der Waals surface area (Å²) in [5.41, 5.74) is 4.12. The van der Waals surface area contributed by atoms with Gasteiger partial charge in [-0.2, -0.15) is 0 Å². The van der Waals surface area contributed by atoms with Crippen LogP contribution in [0.1, 0.15) is 11.1 Å². The minimum atomic E-state index is -4.88. The molecule has 0 spiro atoms. The van der Waals surface area contributed by atoms with Crippen molar-refractivity contribution in [2.45, 2.75) is 42.3 Å². The summed E-state index contributed by atoms with van der Waals surface area (Å²) in [7, 11) is -3.77. The van der Waals surface area contributed by atoms with Gasteiger partial charge >= 0.3 is 6.36 Å². The van der Waals surface area contributed by atoms with E-state index in [4.69, 9.17) is 4.78 Å². The van der Waals surface area contributed by atoms with Crippen molar-refractivity contribution in [2.24, 2.45) is 0 Å². The summed E-state index contributed by atoms with van der Waals surface area (Å²) in [6.45, 7) is 0.457. The molecular formula is C30H29F3N6O3S. The quantitative estimate of drug-likeness (QED) is 0.286. The molecule has 43 heavy (non-hydrogen) atoms. The van der Waals surface area contributed by atoms with Crippen LogP contribution < -0.4 is 19.3 Å². The molecule has 0 bridgehead atoms. The Kier molecular flexibility index (Phi) is 7.71. The van der Waals surface area contributed by atoms with Crippen LogP contribution in [0.25, 0.3) is 0 Å². The van der Waals surface area contributed by atoms with Gasteiger partial charge in [-0.05, 0) is 66.4 Å². The molecule has 0 radical (unpaired) electrons. The van der Waals surface area contributed by atoms with Gasteiger partial charge in [-0.25, -0.2) is 23.7 Å². The molecule has 1 aromatic heterocycles. The molecule has 2 aliphatic heterocycles. The molecule has 4 aromatic rings. The molecule has 1 saturated heterocycles. The van der Waals surface area contributed by atoms with E-state index < -0.39 is 40.2 Å². The van der Waals surface area contributed by atoms with Crippen LogP contribution >= 0.6 is 0 Å². The number of anilines is 3. The first kappa shape index (κ1) is 28.9. The second kappa shape index (κ2) is 11.5. The lowest BCUT2D eigenvalue weighted by Gasteiger charge is -2.47. The van der Waals surface area contributed by atoms with E-state index in [1.165, 1.54) is 0 Å². The molecule has 224 valence electrons. The first-order chi connectivity index (χ1) is 20.6. The van der Waals surface area contributed by atoms with Crippen LogP contribution in [-0.4, -0.2) is 56.9 Å². The van der Waals surface area contributed by atoms with E-state index in [1.54, 1.807) is 18.5 Å². The number of ether oxygens (including phenoxy) is 1. The van der Waals surface area contributed by atoms with Gasteiger partial charge in [0.1, 0.15) is 15.7 Å². The molecule has 0 saturated carbocycles. The predicted molar refractivity (Wildman–Crippen MR) is 156 cm³/mol. The number of fused-ring (bicyclic) bond motifs is 2. The normalized spacial score (nSPS) is 21.7. The van der Waals surface area contributed by atoms with Crippen molar-refractivity contribution in [1.29, 1.82) is 4.78 Å². The third kappa shape index (κ3) is 6.14. The Labute approximate surface area is 247 Å². The molecule has 3 aromatic carbocycles. The molecule has 13 heteroatoms. The number of nitrogens with zero attached hydrogens (tertiary/aromatic N) is 4. The average Bonchev–Trinajstić information content (AvgIpc) is 3.15. The zero-order chi connectivity index (χ0) is 30.2. The third-order valence-corrected chi connectivity index (χ3v) is 9.24. The first-order valence-electron chi connectivity index (χ1n) is 13.7. The number of piperidine rings is 1. The molecule has 1 fully saturated rings. The van der Waals surface area contributed by atoms with E-state index in [9.17, 15) is 22.5 Å². The topological polar surface area (TPSA) is 115 Å². The standard InChI is InChI=1S/C30H29F3N6O3S/c31-30(32,33)42-22-12-14-23(15-13-22)43(34,41)37-24-18-38(29-35-16-5-17-36-29)19-27(28(24)40)39-25-8-3-1-6-20(25)10-11-21-7-2-4-9-26(21)39/h1-9,12-17,24,27-28,40H,10-11,18-19H2,(H2,34,37,41). The van der Waals surface area contributed by atoms with Crippen LogP contribution in [0.15, 0.2) is 96.2 Å². The number of aryl methyl sites for hydroxylation is 2. The second-order valence-electron chi connectivity index (χ2n) is 10.4. The highest BCUT2D eigenvalue weighted by molar-refractivity contribution is 7.90. The maximum absolute atomic E-state index is 13.7. The van der Waals surface area contributed by atoms with Crippen molar-refractivity contribution in [1.82, 2.24) is 14.7 Å². The number of alkyl halides is 3. The largest absolute Gasteiger partial charge is 0.573 e. The highest BCUT2D eigenvalue weighted by Crippen LogP contribution is 2.40. The first-order valence-corrected chi connectivity index (χ1v) is 15.2. The summed E-state index contributed by atoms with van der Waals surface area (Å²) in [6.07, 6.45) is -1.14. The Bertz CT molecular complexity index is 1640. The number of hydrogen-bond acceptors (Lipinski definition) is 8. The number of hydrogen-bond donors (Lipinski definition) is 3. The van der Waals surface area contributed by atoms with Gasteiger partial charge in [0.15, 0.2) is 0 Å². The summed E-state index contributed by atoms with van der Waals surface area (Å²) < 4.78 is 67.0. The Morgan fingerprint density at radius 1 is 0.884 bits per heavy atom. The van der Waals surface area contributed by atoms with E-state index in [2.05, 4.69) is 36.5 Å². The van der Waals surface area contributed by atoms with Gasteiger partial charge in [-0.15, -0.1) is 13.2 Å². The summed E-state index contributed by atoms with van der Waals surface area (Å²) in [4.78, 5) is 12.7. The van der Waals surface area contributed by atoms with Crippen molar-refractivity contribution >= 4 is 27.2 Å². The van der Waals surface area contributed by atoms with Crippen molar-refractivity contribution in [2.75, 3.05) is 22.9 Å². The van der Waals surface area contributed by atoms with Crippen LogP contribution in [0.2, 0.25) is 0 Å². The van der Waals surface area contributed by atoms with Gasteiger partial charge in [0, 0.05) is 36.9 Å². The molecule has 0 amide bonds. The zero-order valence-electron chi connectivity index (χ0n) is 22.8. The van der Waals surface area contributed by atoms with Crippen LogP contribution in [0, 0.1) is 4.78 Å². The maximum Gasteiger partial charge on any atom is 0.573 e. The number of rotatable bonds is 6. The molecule has 3 N–H and O–H groups in total. The molecule has 4 atom stereocenters. The van der Waals surface area contributed by atoms with Gasteiger partial charge in [0.2, 0.25) is 5.95 Å². The van der Waals surface area contributed by atoms with Gasteiger partial charge < -0.3 is 19.6 Å². The Balaban J connectivity index is 1.38. The lowest BCUT2D eigenvalue weighted by atomic mass is 9.94. The fourth-order valence-corrected chi connectivity index (χ4v) is 7.06. The number of aliphatic hydroxyl groups excluding tert-OH is 1.